The molecule has 3 N–H and O–H groups in total. The number of anilines is 2. The lowest BCUT2D eigenvalue weighted by Crippen LogP contribution is -2.10. The summed E-state index contributed by atoms with van der Waals surface area (Å²) in [7, 11) is 0. The van der Waals surface area contributed by atoms with Crippen LogP contribution in [0.4, 0.5) is 11.4 Å². The number of H-pyrrole nitrogens is 1. The minimum absolute atomic E-state index is 0.0244. The zero-order valence-corrected chi connectivity index (χ0v) is 16.0. The van der Waals surface area contributed by atoms with Gasteiger partial charge in [-0.1, -0.05) is 42.4 Å². The van der Waals surface area contributed by atoms with Gasteiger partial charge in [0.25, 0.3) is 5.56 Å². The van der Waals surface area contributed by atoms with Crippen LogP contribution in [-0.2, 0) is 0 Å². The van der Waals surface area contributed by atoms with E-state index in [1.807, 2.05) is 31.2 Å². The molecule has 1 aliphatic heterocycles. The van der Waals surface area contributed by atoms with Gasteiger partial charge in [0.2, 0.25) is 0 Å². The summed E-state index contributed by atoms with van der Waals surface area (Å²) < 4.78 is 0. The van der Waals surface area contributed by atoms with E-state index in [9.17, 15) is 4.79 Å². The summed E-state index contributed by atoms with van der Waals surface area (Å²) in [6, 6.07) is 7.91. The van der Waals surface area contributed by atoms with Gasteiger partial charge in [-0.2, -0.15) is 10.2 Å². The number of aliphatic imine (C=N–C) groups is 1. The average Bonchev–Trinajstić information content (AvgIpc) is 3.11. The van der Waals surface area contributed by atoms with Crippen molar-refractivity contribution in [3.05, 3.63) is 51.4 Å². The van der Waals surface area contributed by atoms with E-state index >= 15 is 0 Å². The highest BCUT2D eigenvalue weighted by molar-refractivity contribution is 8.15. The Kier molecular flexibility index (Phi) is 5.95. The predicted molar refractivity (Wildman–Crippen MR) is 110 cm³/mol. The molecular formula is C17H19ClN6OS. The molecule has 0 unspecified atom stereocenters. The van der Waals surface area contributed by atoms with Crippen molar-refractivity contribution in [3.63, 3.8) is 0 Å². The number of benzene rings is 1. The third-order valence-electron chi connectivity index (χ3n) is 3.87. The Morgan fingerprint density at radius 2 is 2.19 bits per heavy atom. The largest absolute Gasteiger partial charge is 0.335 e. The maximum atomic E-state index is 11.4. The van der Waals surface area contributed by atoms with Crippen molar-refractivity contribution < 1.29 is 0 Å². The van der Waals surface area contributed by atoms with E-state index in [1.165, 1.54) is 6.20 Å². The summed E-state index contributed by atoms with van der Waals surface area (Å²) in [4.78, 5) is 15.9. The van der Waals surface area contributed by atoms with E-state index in [0.717, 1.165) is 35.1 Å². The standard InChI is InChI=1S/C17H19ClN6OS/c1-3-13-8-19-17(26-13)21-12-6-4-11(5-7-12)10(2)22-23-14-9-20-24-16(25)15(14)18/h4-7,9,13H,3,8H2,1-2H3,(H,19,21)(H2,23,24,25)/b22-10-/t13-/m1/s1. The number of thioether (sulfide) groups is 1. The summed E-state index contributed by atoms with van der Waals surface area (Å²) in [5.41, 5.74) is 5.36. The molecule has 0 radical (unpaired) electrons. The molecule has 1 aromatic carbocycles. The average molecular weight is 391 g/mol. The molecule has 2 heterocycles. The fourth-order valence-corrected chi connectivity index (χ4v) is 3.38. The number of aromatic nitrogens is 2. The van der Waals surface area contributed by atoms with E-state index < -0.39 is 5.56 Å². The Morgan fingerprint density at radius 1 is 1.42 bits per heavy atom. The normalized spacial score (nSPS) is 17.1. The number of hydrazone groups is 1. The molecule has 0 spiro atoms. The van der Waals surface area contributed by atoms with Crippen LogP contribution in [0.15, 0.2) is 45.4 Å². The van der Waals surface area contributed by atoms with Gasteiger partial charge in [0.1, 0.15) is 10.7 Å². The molecule has 0 saturated heterocycles. The monoisotopic (exact) mass is 390 g/mol. The third-order valence-corrected chi connectivity index (χ3v) is 5.51. The van der Waals surface area contributed by atoms with Gasteiger partial charge in [-0.25, -0.2) is 5.10 Å². The maximum Gasteiger partial charge on any atom is 0.285 e. The van der Waals surface area contributed by atoms with Crippen LogP contribution in [-0.4, -0.2) is 32.9 Å². The third kappa shape index (κ3) is 4.44. The van der Waals surface area contributed by atoms with Crippen LogP contribution in [0, 0.1) is 0 Å². The van der Waals surface area contributed by atoms with Crippen molar-refractivity contribution >= 4 is 45.6 Å². The SMILES string of the molecule is CC[C@@H]1CN=C(Nc2ccc(/C(C)=N\Nc3cn[nH]c(=O)c3Cl)cc2)S1. The molecule has 0 amide bonds. The zero-order chi connectivity index (χ0) is 18.5. The summed E-state index contributed by atoms with van der Waals surface area (Å²) in [5, 5.41) is 15.1. The van der Waals surface area contributed by atoms with Crippen molar-refractivity contribution in [1.82, 2.24) is 10.2 Å². The van der Waals surface area contributed by atoms with E-state index in [2.05, 4.69) is 38.0 Å². The minimum Gasteiger partial charge on any atom is -0.335 e. The molecule has 9 heteroatoms. The molecule has 0 bridgehead atoms. The maximum absolute atomic E-state index is 11.4. The van der Waals surface area contributed by atoms with Crippen LogP contribution >= 0.6 is 23.4 Å². The Labute approximate surface area is 160 Å². The van der Waals surface area contributed by atoms with Crippen LogP contribution in [0.25, 0.3) is 0 Å². The van der Waals surface area contributed by atoms with E-state index in [-0.39, 0.29) is 5.02 Å². The fourth-order valence-electron chi connectivity index (χ4n) is 2.29. The van der Waals surface area contributed by atoms with Crippen molar-refractivity contribution in [1.29, 1.82) is 0 Å². The van der Waals surface area contributed by atoms with Gasteiger partial charge in [0.15, 0.2) is 5.17 Å². The number of aromatic amines is 1. The Morgan fingerprint density at radius 3 is 2.88 bits per heavy atom. The zero-order valence-electron chi connectivity index (χ0n) is 14.4. The van der Waals surface area contributed by atoms with Crippen molar-refractivity contribution in [2.24, 2.45) is 10.1 Å². The Balaban J connectivity index is 1.64. The van der Waals surface area contributed by atoms with Gasteiger partial charge in [0, 0.05) is 10.9 Å². The Bertz CT molecular complexity index is 893. The van der Waals surface area contributed by atoms with E-state index in [1.54, 1.807) is 11.8 Å². The molecule has 1 aromatic heterocycles. The molecule has 136 valence electrons. The van der Waals surface area contributed by atoms with E-state index in [4.69, 9.17) is 11.6 Å². The van der Waals surface area contributed by atoms with Gasteiger partial charge in [-0.15, -0.1) is 0 Å². The molecule has 0 saturated carbocycles. The predicted octanol–water partition coefficient (Wildman–Crippen LogP) is 3.55. The van der Waals surface area contributed by atoms with Crippen LogP contribution < -0.4 is 16.3 Å². The number of nitrogens with one attached hydrogen (secondary N) is 3. The molecular weight excluding hydrogens is 372 g/mol. The highest BCUT2D eigenvalue weighted by atomic mass is 35.5. The first kappa shape index (κ1) is 18.5. The molecule has 26 heavy (non-hydrogen) atoms. The molecule has 3 rings (SSSR count). The van der Waals surface area contributed by atoms with Crippen LogP contribution in [0.5, 0.6) is 0 Å². The highest BCUT2D eigenvalue weighted by Gasteiger charge is 2.17. The summed E-state index contributed by atoms with van der Waals surface area (Å²) in [6.45, 7) is 4.92. The lowest BCUT2D eigenvalue weighted by molar-refractivity contribution is 0.843. The number of rotatable bonds is 5. The van der Waals surface area contributed by atoms with Gasteiger partial charge in [-0.05, 0) is 31.0 Å². The highest BCUT2D eigenvalue weighted by Crippen LogP contribution is 2.24. The topological polar surface area (TPSA) is 94.5 Å². The first-order chi connectivity index (χ1) is 12.6. The van der Waals surface area contributed by atoms with E-state index in [0.29, 0.717) is 10.9 Å². The summed E-state index contributed by atoms with van der Waals surface area (Å²) >= 11 is 7.69. The van der Waals surface area contributed by atoms with Crippen LogP contribution in [0.3, 0.4) is 0 Å². The van der Waals surface area contributed by atoms with Gasteiger partial charge >= 0.3 is 0 Å². The Hall–Kier alpha value is -2.32. The summed E-state index contributed by atoms with van der Waals surface area (Å²) in [5.74, 6) is 0. The number of nitrogens with zero attached hydrogens (tertiary/aromatic N) is 3. The number of amidine groups is 1. The van der Waals surface area contributed by atoms with Crippen molar-refractivity contribution in [3.8, 4) is 0 Å². The van der Waals surface area contributed by atoms with Gasteiger partial charge in [-0.3, -0.25) is 15.2 Å². The summed E-state index contributed by atoms with van der Waals surface area (Å²) in [6.07, 6.45) is 2.53. The van der Waals surface area contributed by atoms with Gasteiger partial charge in [0.05, 0.1) is 18.5 Å². The van der Waals surface area contributed by atoms with Crippen LogP contribution in [0.1, 0.15) is 25.8 Å². The molecule has 2 aromatic rings. The number of halogens is 1. The number of hydrogen-bond acceptors (Lipinski definition) is 7. The first-order valence-electron chi connectivity index (χ1n) is 8.19. The number of hydrogen-bond donors (Lipinski definition) is 3. The van der Waals surface area contributed by atoms with Crippen molar-refractivity contribution in [2.75, 3.05) is 17.3 Å². The second-order valence-electron chi connectivity index (χ2n) is 5.73. The molecule has 7 nitrogen and oxygen atoms in total. The smallest absolute Gasteiger partial charge is 0.285 e. The molecule has 1 atom stereocenters. The second-order valence-corrected chi connectivity index (χ2v) is 7.40. The van der Waals surface area contributed by atoms with Gasteiger partial charge < -0.3 is 5.32 Å². The van der Waals surface area contributed by atoms with Crippen molar-refractivity contribution in [2.45, 2.75) is 25.5 Å². The lowest BCUT2D eigenvalue weighted by atomic mass is 10.1. The first-order valence-corrected chi connectivity index (χ1v) is 9.44. The quantitative estimate of drug-likeness (QED) is 0.536. The minimum atomic E-state index is -0.460. The lowest BCUT2D eigenvalue weighted by Gasteiger charge is -2.08. The van der Waals surface area contributed by atoms with Crippen LogP contribution in [0.2, 0.25) is 5.02 Å². The fraction of sp³-hybridized carbons (Fsp3) is 0.294. The second kappa shape index (κ2) is 8.37. The molecule has 0 aliphatic carbocycles. The molecule has 0 fully saturated rings. The molecule has 1 aliphatic rings.